The smallest absolute Gasteiger partial charge is 0.317 e. The van der Waals surface area contributed by atoms with E-state index >= 15 is 0 Å². The van der Waals surface area contributed by atoms with Gasteiger partial charge >= 0.3 is 6.03 Å². The van der Waals surface area contributed by atoms with Crippen molar-refractivity contribution in [1.29, 1.82) is 0 Å². The standard InChI is InChI=1S/C16H23ClFN3O2/c1-11(15-10-20(2)6-7-23-15)19-16(22)21(3)9-12-4-5-13(17)14(18)8-12/h4-5,8,11,15H,6-7,9-10H2,1-3H3,(H,19,22)/t11-,15-/m1/s1. The molecule has 0 aliphatic carbocycles. The number of carbonyl (C=O) groups excluding carboxylic acids is 1. The molecule has 1 fully saturated rings. The number of hydrogen-bond acceptors (Lipinski definition) is 3. The van der Waals surface area contributed by atoms with Gasteiger partial charge in [0.15, 0.2) is 0 Å². The first-order valence-corrected chi connectivity index (χ1v) is 8.00. The predicted molar refractivity (Wildman–Crippen MR) is 88.1 cm³/mol. The largest absolute Gasteiger partial charge is 0.373 e. The van der Waals surface area contributed by atoms with E-state index in [1.54, 1.807) is 13.1 Å². The van der Waals surface area contributed by atoms with E-state index < -0.39 is 5.82 Å². The number of carbonyl (C=O) groups is 1. The van der Waals surface area contributed by atoms with Gasteiger partial charge in [-0.3, -0.25) is 0 Å². The maximum Gasteiger partial charge on any atom is 0.317 e. The first-order valence-electron chi connectivity index (χ1n) is 7.62. The van der Waals surface area contributed by atoms with Crippen LogP contribution in [0.2, 0.25) is 5.02 Å². The van der Waals surface area contributed by atoms with E-state index in [4.69, 9.17) is 16.3 Å². The molecule has 0 radical (unpaired) electrons. The minimum absolute atomic E-state index is 0.0286. The fourth-order valence-electron chi connectivity index (χ4n) is 2.50. The van der Waals surface area contributed by atoms with E-state index in [1.807, 2.05) is 14.0 Å². The van der Waals surface area contributed by atoms with Crippen LogP contribution in [-0.4, -0.2) is 61.8 Å². The summed E-state index contributed by atoms with van der Waals surface area (Å²) in [5, 5.41) is 3.01. The highest BCUT2D eigenvalue weighted by Crippen LogP contribution is 2.16. The third-order valence-corrected chi connectivity index (χ3v) is 4.26. The van der Waals surface area contributed by atoms with Gasteiger partial charge in [-0.15, -0.1) is 0 Å². The molecule has 1 aliphatic rings. The van der Waals surface area contributed by atoms with Gasteiger partial charge in [-0.2, -0.15) is 0 Å². The molecule has 128 valence electrons. The zero-order valence-electron chi connectivity index (χ0n) is 13.7. The molecular weight excluding hydrogens is 321 g/mol. The van der Waals surface area contributed by atoms with Gasteiger partial charge in [-0.05, 0) is 31.7 Å². The normalized spacial score (nSPS) is 20.1. The van der Waals surface area contributed by atoms with Crippen LogP contribution in [0.4, 0.5) is 9.18 Å². The lowest BCUT2D eigenvalue weighted by atomic mass is 10.1. The summed E-state index contributed by atoms with van der Waals surface area (Å²) in [6.07, 6.45) is -0.0286. The number of halogens is 2. The van der Waals surface area contributed by atoms with Crippen LogP contribution in [0.3, 0.4) is 0 Å². The van der Waals surface area contributed by atoms with Crippen LogP contribution in [0.1, 0.15) is 12.5 Å². The molecule has 0 spiro atoms. The molecule has 0 saturated carbocycles. The van der Waals surface area contributed by atoms with E-state index in [2.05, 4.69) is 10.2 Å². The van der Waals surface area contributed by atoms with Crippen molar-refractivity contribution in [2.24, 2.45) is 0 Å². The molecule has 0 bridgehead atoms. The Morgan fingerprint density at radius 2 is 2.35 bits per heavy atom. The molecule has 5 nitrogen and oxygen atoms in total. The van der Waals surface area contributed by atoms with Crippen LogP contribution >= 0.6 is 11.6 Å². The molecule has 1 aromatic carbocycles. The van der Waals surface area contributed by atoms with Crippen LogP contribution in [0.15, 0.2) is 18.2 Å². The third-order valence-electron chi connectivity index (χ3n) is 3.96. The summed E-state index contributed by atoms with van der Waals surface area (Å²) in [4.78, 5) is 15.9. The van der Waals surface area contributed by atoms with Crippen molar-refractivity contribution >= 4 is 17.6 Å². The zero-order chi connectivity index (χ0) is 17.0. The number of benzene rings is 1. The van der Waals surface area contributed by atoms with Gasteiger partial charge in [0.05, 0.1) is 23.8 Å². The fourth-order valence-corrected chi connectivity index (χ4v) is 2.61. The highest BCUT2D eigenvalue weighted by atomic mass is 35.5. The number of likely N-dealkylation sites (N-methyl/N-ethyl adjacent to an activating group) is 1. The number of morpholine rings is 1. The van der Waals surface area contributed by atoms with Crippen LogP contribution in [0, 0.1) is 5.82 Å². The van der Waals surface area contributed by atoms with Gasteiger partial charge in [-0.1, -0.05) is 17.7 Å². The number of hydrogen-bond donors (Lipinski definition) is 1. The lowest BCUT2D eigenvalue weighted by Crippen LogP contribution is -2.53. The van der Waals surface area contributed by atoms with Crippen LogP contribution in [0.25, 0.3) is 0 Å². The SMILES string of the molecule is C[C@@H](NC(=O)N(C)Cc1ccc(Cl)c(F)c1)[C@H]1CN(C)CCO1. The molecule has 1 aromatic rings. The monoisotopic (exact) mass is 343 g/mol. The molecule has 2 rings (SSSR count). The van der Waals surface area contributed by atoms with Crippen molar-refractivity contribution in [3.05, 3.63) is 34.6 Å². The first kappa shape index (κ1) is 18.0. The van der Waals surface area contributed by atoms with Crippen molar-refractivity contribution in [1.82, 2.24) is 15.1 Å². The summed E-state index contributed by atoms with van der Waals surface area (Å²) in [6.45, 7) is 4.59. The molecule has 1 heterocycles. The Balaban J connectivity index is 1.87. The summed E-state index contributed by atoms with van der Waals surface area (Å²) in [5.41, 5.74) is 0.686. The molecule has 0 aromatic heterocycles. The molecular formula is C16H23ClFN3O2. The van der Waals surface area contributed by atoms with E-state index in [1.165, 1.54) is 17.0 Å². The Kier molecular flexibility index (Phi) is 6.21. The lowest BCUT2D eigenvalue weighted by molar-refractivity contribution is -0.0339. The second-order valence-corrected chi connectivity index (χ2v) is 6.42. The average Bonchev–Trinajstić information content (AvgIpc) is 2.50. The van der Waals surface area contributed by atoms with Crippen molar-refractivity contribution in [2.75, 3.05) is 33.8 Å². The summed E-state index contributed by atoms with van der Waals surface area (Å²) in [5.74, 6) is -0.481. The number of ether oxygens (including phenoxy) is 1. The van der Waals surface area contributed by atoms with Crippen LogP contribution < -0.4 is 5.32 Å². The second kappa shape index (κ2) is 7.95. The van der Waals surface area contributed by atoms with Gasteiger partial charge < -0.3 is 19.9 Å². The molecule has 1 N–H and O–H groups in total. The number of nitrogens with zero attached hydrogens (tertiary/aromatic N) is 2. The number of urea groups is 1. The minimum Gasteiger partial charge on any atom is -0.373 e. The predicted octanol–water partition coefficient (Wildman–Crippen LogP) is 2.34. The molecule has 23 heavy (non-hydrogen) atoms. The molecule has 2 amide bonds. The minimum atomic E-state index is -0.481. The Labute approximate surface area is 141 Å². The maximum atomic E-state index is 13.4. The highest BCUT2D eigenvalue weighted by Gasteiger charge is 2.25. The van der Waals surface area contributed by atoms with Gasteiger partial charge in [0, 0.05) is 26.7 Å². The summed E-state index contributed by atoms with van der Waals surface area (Å²) in [7, 11) is 3.70. The van der Waals surface area contributed by atoms with E-state index in [9.17, 15) is 9.18 Å². The van der Waals surface area contributed by atoms with E-state index in [0.29, 0.717) is 18.7 Å². The third kappa shape index (κ3) is 5.06. The number of nitrogens with one attached hydrogen (secondary N) is 1. The van der Waals surface area contributed by atoms with Crippen molar-refractivity contribution < 1.29 is 13.9 Å². The molecule has 1 saturated heterocycles. The summed E-state index contributed by atoms with van der Waals surface area (Å²) < 4.78 is 19.1. The van der Waals surface area contributed by atoms with E-state index in [-0.39, 0.29) is 23.2 Å². The molecule has 0 unspecified atom stereocenters. The Bertz CT molecular complexity index is 558. The van der Waals surface area contributed by atoms with Gasteiger partial charge in [-0.25, -0.2) is 9.18 Å². The lowest BCUT2D eigenvalue weighted by Gasteiger charge is -2.34. The van der Waals surface area contributed by atoms with Crippen molar-refractivity contribution in [3.8, 4) is 0 Å². The van der Waals surface area contributed by atoms with Crippen LogP contribution in [0.5, 0.6) is 0 Å². The Morgan fingerprint density at radius 1 is 1.61 bits per heavy atom. The first-order chi connectivity index (χ1) is 10.9. The quantitative estimate of drug-likeness (QED) is 0.912. The van der Waals surface area contributed by atoms with Gasteiger partial charge in [0.1, 0.15) is 5.82 Å². The maximum absolute atomic E-state index is 13.4. The summed E-state index contributed by atoms with van der Waals surface area (Å²) >= 11 is 5.66. The van der Waals surface area contributed by atoms with Crippen molar-refractivity contribution in [2.45, 2.75) is 25.6 Å². The van der Waals surface area contributed by atoms with Crippen LogP contribution in [-0.2, 0) is 11.3 Å². The number of amides is 2. The van der Waals surface area contributed by atoms with E-state index in [0.717, 1.165) is 13.1 Å². The highest BCUT2D eigenvalue weighted by molar-refractivity contribution is 6.30. The zero-order valence-corrected chi connectivity index (χ0v) is 14.4. The van der Waals surface area contributed by atoms with Crippen molar-refractivity contribution in [3.63, 3.8) is 0 Å². The topological polar surface area (TPSA) is 44.8 Å². The molecule has 1 aliphatic heterocycles. The Morgan fingerprint density at radius 3 is 3.00 bits per heavy atom. The summed E-state index contributed by atoms with van der Waals surface area (Å²) in [6, 6.07) is 4.22. The average molecular weight is 344 g/mol. The Hall–Kier alpha value is -1.37. The number of rotatable bonds is 4. The fraction of sp³-hybridized carbons (Fsp3) is 0.562. The van der Waals surface area contributed by atoms with Gasteiger partial charge in [0.2, 0.25) is 0 Å². The second-order valence-electron chi connectivity index (χ2n) is 6.01. The molecule has 7 heteroatoms. The van der Waals surface area contributed by atoms with Gasteiger partial charge in [0.25, 0.3) is 0 Å². The molecule has 2 atom stereocenters.